The maximum absolute atomic E-state index is 11.3. The van der Waals surface area contributed by atoms with Crippen molar-refractivity contribution in [2.75, 3.05) is 7.11 Å². The van der Waals surface area contributed by atoms with Crippen LogP contribution in [0.4, 0.5) is 0 Å². The molecule has 2 aromatic heterocycles. The van der Waals surface area contributed by atoms with Crippen LogP contribution in [-0.4, -0.2) is 23.0 Å². The van der Waals surface area contributed by atoms with E-state index >= 15 is 0 Å². The number of H-pyrrole nitrogens is 1. The number of hydrogen-bond acceptors (Lipinski definition) is 3. The molecule has 0 saturated carbocycles. The topological polar surface area (TPSA) is 55.0 Å². The zero-order chi connectivity index (χ0) is 14.1. The first-order valence-corrected chi connectivity index (χ1v) is 7.10. The maximum Gasteiger partial charge on any atom is 0.305 e. The Morgan fingerprint density at radius 3 is 3.10 bits per heavy atom. The van der Waals surface area contributed by atoms with E-state index in [0.29, 0.717) is 12.8 Å². The number of halogens is 1. The summed E-state index contributed by atoms with van der Waals surface area (Å²) in [7, 11) is 1.41. The first-order chi connectivity index (χ1) is 9.69. The molecule has 0 amide bonds. The molecule has 1 N–H and O–H groups in total. The molecule has 5 heteroatoms. The molecule has 0 aliphatic heterocycles. The number of pyridine rings is 1. The standard InChI is InChI=1S/C15H13BrN2O2/c1-20-13(19)6-5-9-3-2-4-11-14(9)18-12-7-10(16)8-17-15(11)12/h2-4,7-8,18H,5-6H2,1H3. The van der Waals surface area contributed by atoms with Crippen LogP contribution in [0.2, 0.25) is 0 Å². The number of fused-ring (bicyclic) bond motifs is 3. The Labute approximate surface area is 124 Å². The van der Waals surface area contributed by atoms with Crippen LogP contribution in [0.25, 0.3) is 21.9 Å². The molecule has 0 radical (unpaired) electrons. The summed E-state index contributed by atoms with van der Waals surface area (Å²) in [6.07, 6.45) is 2.82. The molecule has 2 heterocycles. The summed E-state index contributed by atoms with van der Waals surface area (Å²) in [6, 6.07) is 8.06. The number of ether oxygens (including phenoxy) is 1. The smallest absolute Gasteiger partial charge is 0.305 e. The number of nitrogens with one attached hydrogen (secondary N) is 1. The van der Waals surface area contributed by atoms with Crippen molar-refractivity contribution in [1.29, 1.82) is 0 Å². The van der Waals surface area contributed by atoms with Crippen LogP contribution in [0.5, 0.6) is 0 Å². The summed E-state index contributed by atoms with van der Waals surface area (Å²) in [6.45, 7) is 0. The van der Waals surface area contributed by atoms with E-state index in [4.69, 9.17) is 4.74 Å². The van der Waals surface area contributed by atoms with Gasteiger partial charge in [-0.3, -0.25) is 9.78 Å². The van der Waals surface area contributed by atoms with Gasteiger partial charge in [-0.25, -0.2) is 0 Å². The van der Waals surface area contributed by atoms with Gasteiger partial charge in [-0.15, -0.1) is 0 Å². The Bertz CT molecular complexity index is 795. The number of benzene rings is 1. The second-order valence-corrected chi connectivity index (χ2v) is 5.51. The van der Waals surface area contributed by atoms with Crippen LogP contribution in [0.15, 0.2) is 34.9 Å². The lowest BCUT2D eigenvalue weighted by molar-refractivity contribution is -0.140. The minimum atomic E-state index is -0.195. The van der Waals surface area contributed by atoms with Crippen molar-refractivity contribution in [3.63, 3.8) is 0 Å². The summed E-state index contributed by atoms with van der Waals surface area (Å²) in [5, 5.41) is 1.08. The van der Waals surface area contributed by atoms with Crippen LogP contribution in [0, 0.1) is 0 Å². The number of aromatic nitrogens is 2. The zero-order valence-electron chi connectivity index (χ0n) is 10.9. The van der Waals surface area contributed by atoms with Crippen molar-refractivity contribution in [3.8, 4) is 0 Å². The molecule has 102 valence electrons. The van der Waals surface area contributed by atoms with E-state index in [2.05, 4.69) is 25.9 Å². The second-order valence-electron chi connectivity index (χ2n) is 4.59. The zero-order valence-corrected chi connectivity index (χ0v) is 12.5. The second kappa shape index (κ2) is 5.25. The molecule has 1 aromatic carbocycles. The van der Waals surface area contributed by atoms with E-state index < -0.39 is 0 Å². The number of aryl methyl sites for hydroxylation is 1. The SMILES string of the molecule is COC(=O)CCc1cccc2c1[nH]c1cc(Br)cnc12. The van der Waals surface area contributed by atoms with E-state index in [1.54, 1.807) is 6.20 Å². The lowest BCUT2D eigenvalue weighted by Crippen LogP contribution is -2.02. The first kappa shape index (κ1) is 13.1. The number of carbonyl (C=O) groups is 1. The van der Waals surface area contributed by atoms with Crippen LogP contribution in [-0.2, 0) is 16.0 Å². The third-order valence-corrected chi connectivity index (χ3v) is 3.78. The molecular formula is C15H13BrN2O2. The van der Waals surface area contributed by atoms with Crippen molar-refractivity contribution in [3.05, 3.63) is 40.5 Å². The van der Waals surface area contributed by atoms with Crippen molar-refractivity contribution < 1.29 is 9.53 Å². The quantitative estimate of drug-likeness (QED) is 0.746. The summed E-state index contributed by atoms with van der Waals surface area (Å²) in [5.41, 5.74) is 4.07. The van der Waals surface area contributed by atoms with Gasteiger partial charge in [0.2, 0.25) is 0 Å². The fourth-order valence-corrected chi connectivity index (χ4v) is 2.71. The van der Waals surface area contributed by atoms with Crippen LogP contribution in [0.1, 0.15) is 12.0 Å². The average Bonchev–Trinajstić information content (AvgIpc) is 2.82. The third kappa shape index (κ3) is 2.29. The lowest BCUT2D eigenvalue weighted by Gasteiger charge is -2.02. The summed E-state index contributed by atoms with van der Waals surface area (Å²) >= 11 is 3.42. The van der Waals surface area contributed by atoms with Gasteiger partial charge in [0, 0.05) is 22.5 Å². The number of para-hydroxylation sites is 1. The fraction of sp³-hybridized carbons (Fsp3) is 0.200. The van der Waals surface area contributed by atoms with Gasteiger partial charge in [-0.1, -0.05) is 18.2 Å². The Balaban J connectivity index is 2.09. The fourth-order valence-electron chi connectivity index (χ4n) is 2.38. The molecule has 0 saturated heterocycles. The number of carbonyl (C=O) groups excluding carboxylic acids is 1. The van der Waals surface area contributed by atoms with Gasteiger partial charge >= 0.3 is 5.97 Å². The Hall–Kier alpha value is -1.88. The van der Waals surface area contributed by atoms with Crippen LogP contribution >= 0.6 is 15.9 Å². The number of rotatable bonds is 3. The maximum atomic E-state index is 11.3. The number of aromatic amines is 1. The van der Waals surface area contributed by atoms with Crippen molar-refractivity contribution >= 4 is 43.8 Å². The molecular weight excluding hydrogens is 320 g/mol. The van der Waals surface area contributed by atoms with Crippen molar-refractivity contribution in [2.24, 2.45) is 0 Å². The Morgan fingerprint density at radius 1 is 1.45 bits per heavy atom. The molecule has 0 fully saturated rings. The molecule has 0 spiro atoms. The van der Waals surface area contributed by atoms with E-state index in [-0.39, 0.29) is 5.97 Å². The highest BCUT2D eigenvalue weighted by molar-refractivity contribution is 9.10. The highest BCUT2D eigenvalue weighted by Gasteiger charge is 2.10. The number of esters is 1. The summed E-state index contributed by atoms with van der Waals surface area (Å²) < 4.78 is 5.63. The highest BCUT2D eigenvalue weighted by Crippen LogP contribution is 2.28. The Morgan fingerprint density at radius 2 is 2.30 bits per heavy atom. The number of hydrogen-bond donors (Lipinski definition) is 1. The van der Waals surface area contributed by atoms with Gasteiger partial charge in [0.25, 0.3) is 0 Å². The molecule has 0 unspecified atom stereocenters. The Kier molecular flexibility index (Phi) is 3.44. The van der Waals surface area contributed by atoms with E-state index in [1.165, 1.54) is 7.11 Å². The summed E-state index contributed by atoms with van der Waals surface area (Å²) in [4.78, 5) is 19.1. The molecule has 0 aliphatic carbocycles. The van der Waals surface area contributed by atoms with Gasteiger partial charge in [0.1, 0.15) is 0 Å². The van der Waals surface area contributed by atoms with E-state index in [9.17, 15) is 4.79 Å². The minimum Gasteiger partial charge on any atom is -0.469 e. The van der Waals surface area contributed by atoms with Crippen LogP contribution in [0.3, 0.4) is 0 Å². The largest absolute Gasteiger partial charge is 0.469 e. The average molecular weight is 333 g/mol. The molecule has 0 aliphatic rings. The van der Waals surface area contributed by atoms with E-state index in [0.717, 1.165) is 32.0 Å². The van der Waals surface area contributed by atoms with Gasteiger partial charge in [-0.2, -0.15) is 0 Å². The number of methoxy groups -OCH3 is 1. The number of nitrogens with zero attached hydrogens (tertiary/aromatic N) is 1. The highest BCUT2D eigenvalue weighted by atomic mass is 79.9. The van der Waals surface area contributed by atoms with Gasteiger partial charge < -0.3 is 9.72 Å². The molecule has 4 nitrogen and oxygen atoms in total. The molecule has 0 bridgehead atoms. The molecule has 0 atom stereocenters. The predicted molar refractivity (Wildman–Crippen MR) is 81.6 cm³/mol. The van der Waals surface area contributed by atoms with Crippen molar-refractivity contribution in [2.45, 2.75) is 12.8 Å². The first-order valence-electron chi connectivity index (χ1n) is 6.30. The predicted octanol–water partition coefficient (Wildman–Crippen LogP) is 3.58. The lowest BCUT2D eigenvalue weighted by atomic mass is 10.1. The normalized spacial score (nSPS) is 11.1. The third-order valence-electron chi connectivity index (χ3n) is 3.35. The monoisotopic (exact) mass is 332 g/mol. The van der Waals surface area contributed by atoms with Gasteiger partial charge in [0.05, 0.1) is 23.7 Å². The molecule has 3 rings (SSSR count). The van der Waals surface area contributed by atoms with Gasteiger partial charge in [0.15, 0.2) is 0 Å². The summed E-state index contributed by atoms with van der Waals surface area (Å²) in [5.74, 6) is -0.195. The van der Waals surface area contributed by atoms with Crippen molar-refractivity contribution in [1.82, 2.24) is 9.97 Å². The minimum absolute atomic E-state index is 0.195. The molecule has 20 heavy (non-hydrogen) atoms. The molecule has 3 aromatic rings. The van der Waals surface area contributed by atoms with Gasteiger partial charge in [-0.05, 0) is 34.0 Å². The van der Waals surface area contributed by atoms with Crippen LogP contribution < -0.4 is 0 Å². The van der Waals surface area contributed by atoms with E-state index in [1.807, 2.05) is 24.3 Å².